The van der Waals surface area contributed by atoms with Crippen molar-refractivity contribution in [3.63, 3.8) is 0 Å². The lowest BCUT2D eigenvalue weighted by Gasteiger charge is -2.02. The van der Waals surface area contributed by atoms with Crippen molar-refractivity contribution >= 4 is 12.3 Å². The maximum atomic E-state index is 12.8. The fraction of sp³-hybridized carbons (Fsp3) is 0.125. The van der Waals surface area contributed by atoms with Gasteiger partial charge < -0.3 is 5.11 Å². The van der Waals surface area contributed by atoms with Crippen LogP contribution in [0.2, 0.25) is 0 Å². The second kappa shape index (κ2) is 3.30. The van der Waals surface area contributed by atoms with Crippen molar-refractivity contribution in [1.29, 1.82) is 0 Å². The van der Waals surface area contributed by atoms with Gasteiger partial charge in [-0.15, -0.1) is 0 Å². The Balaban J connectivity index is 3.44. The summed E-state index contributed by atoms with van der Waals surface area (Å²) in [7, 11) is 0. The van der Waals surface area contributed by atoms with E-state index in [0.29, 0.717) is 0 Å². The average Bonchev–Trinajstić information content (AvgIpc) is 2.04. The van der Waals surface area contributed by atoms with Gasteiger partial charge in [0.1, 0.15) is 0 Å². The highest BCUT2D eigenvalue weighted by Gasteiger charge is 2.15. The molecule has 0 bridgehead atoms. The zero-order chi connectivity index (χ0) is 10.0. The predicted octanol–water partition coefficient (Wildman–Crippen LogP) is 1.04. The Bertz CT molecular complexity index is 376. The first-order chi connectivity index (χ1) is 6.07. The molecule has 4 nitrogen and oxygen atoms in total. The van der Waals surface area contributed by atoms with E-state index in [-0.39, 0.29) is 23.1 Å². The topological polar surface area (TPSA) is 67.3 Å². The summed E-state index contributed by atoms with van der Waals surface area (Å²) in [5.74, 6) is -2.09. The van der Waals surface area contributed by atoms with Crippen LogP contribution in [-0.4, -0.2) is 22.3 Å². The van der Waals surface area contributed by atoms with Crippen LogP contribution < -0.4 is 0 Å². The van der Waals surface area contributed by atoms with E-state index in [4.69, 9.17) is 5.11 Å². The summed E-state index contributed by atoms with van der Waals surface area (Å²) in [5, 5.41) is 8.58. The van der Waals surface area contributed by atoms with Crippen LogP contribution in [0.1, 0.15) is 26.4 Å². The van der Waals surface area contributed by atoms with Crippen molar-refractivity contribution in [2.75, 3.05) is 0 Å². The molecule has 0 radical (unpaired) electrons. The minimum atomic E-state index is -1.28. The van der Waals surface area contributed by atoms with Gasteiger partial charge in [0.2, 0.25) is 0 Å². The Labute approximate surface area is 73.0 Å². The van der Waals surface area contributed by atoms with Crippen LogP contribution in [0.25, 0.3) is 0 Å². The van der Waals surface area contributed by atoms with Crippen LogP contribution in [-0.2, 0) is 0 Å². The Morgan fingerprint density at radius 2 is 2.31 bits per heavy atom. The van der Waals surface area contributed by atoms with E-state index >= 15 is 0 Å². The number of hydrogen-bond acceptors (Lipinski definition) is 3. The van der Waals surface area contributed by atoms with Gasteiger partial charge in [-0.1, -0.05) is 0 Å². The first kappa shape index (κ1) is 9.31. The highest BCUT2D eigenvalue weighted by atomic mass is 19.1. The van der Waals surface area contributed by atoms with E-state index in [0.717, 1.165) is 6.20 Å². The summed E-state index contributed by atoms with van der Waals surface area (Å²) >= 11 is 0. The number of aromatic carboxylic acids is 1. The van der Waals surface area contributed by atoms with Crippen molar-refractivity contribution < 1.29 is 19.1 Å². The van der Waals surface area contributed by atoms with Gasteiger partial charge in [-0.2, -0.15) is 0 Å². The number of carboxylic acids is 1. The number of carbonyl (C=O) groups excluding carboxylic acids is 1. The molecule has 1 heterocycles. The van der Waals surface area contributed by atoms with Crippen LogP contribution in [0.4, 0.5) is 4.39 Å². The average molecular weight is 183 g/mol. The predicted molar refractivity (Wildman–Crippen MR) is 41.3 cm³/mol. The lowest BCUT2D eigenvalue weighted by Crippen LogP contribution is -2.07. The van der Waals surface area contributed by atoms with Crippen molar-refractivity contribution in [2.45, 2.75) is 6.92 Å². The zero-order valence-corrected chi connectivity index (χ0v) is 6.74. The van der Waals surface area contributed by atoms with Gasteiger partial charge in [-0.3, -0.25) is 4.79 Å². The van der Waals surface area contributed by atoms with Gasteiger partial charge in [0, 0.05) is 0 Å². The highest BCUT2D eigenvalue weighted by molar-refractivity contribution is 5.90. The smallest absolute Gasteiger partial charge is 0.354 e. The Kier molecular flexibility index (Phi) is 2.36. The van der Waals surface area contributed by atoms with Gasteiger partial charge in [0.15, 0.2) is 17.8 Å². The van der Waals surface area contributed by atoms with E-state index in [1.54, 1.807) is 0 Å². The minimum Gasteiger partial charge on any atom is -0.477 e. The van der Waals surface area contributed by atoms with E-state index in [9.17, 15) is 14.0 Å². The van der Waals surface area contributed by atoms with Crippen LogP contribution in [0.5, 0.6) is 0 Å². The molecule has 13 heavy (non-hydrogen) atoms. The van der Waals surface area contributed by atoms with Crippen molar-refractivity contribution in [2.24, 2.45) is 0 Å². The summed E-state index contributed by atoms with van der Waals surface area (Å²) in [6.07, 6.45) is 0.999. The number of carbonyl (C=O) groups is 2. The molecule has 0 aromatic carbocycles. The van der Waals surface area contributed by atoms with Gasteiger partial charge in [-0.25, -0.2) is 14.2 Å². The highest BCUT2D eigenvalue weighted by Crippen LogP contribution is 2.12. The van der Waals surface area contributed by atoms with Crippen molar-refractivity contribution in [1.82, 2.24) is 4.98 Å². The number of halogens is 1. The van der Waals surface area contributed by atoms with Gasteiger partial charge in [0.05, 0.1) is 11.8 Å². The van der Waals surface area contributed by atoms with Gasteiger partial charge >= 0.3 is 5.97 Å². The van der Waals surface area contributed by atoms with E-state index in [1.807, 2.05) is 0 Å². The molecule has 0 aliphatic rings. The lowest BCUT2D eigenvalue weighted by atomic mass is 10.1. The Morgan fingerprint density at radius 1 is 1.69 bits per heavy atom. The van der Waals surface area contributed by atoms with Crippen LogP contribution >= 0.6 is 0 Å². The molecule has 0 fully saturated rings. The fourth-order valence-corrected chi connectivity index (χ4v) is 0.955. The van der Waals surface area contributed by atoms with E-state index in [2.05, 4.69) is 4.98 Å². The molecule has 0 unspecified atom stereocenters. The van der Waals surface area contributed by atoms with Crippen molar-refractivity contribution in [3.05, 3.63) is 28.8 Å². The van der Waals surface area contributed by atoms with E-state index < -0.39 is 11.8 Å². The molecular formula is C8H6FNO3. The Hall–Kier alpha value is -1.78. The molecule has 0 saturated heterocycles. The van der Waals surface area contributed by atoms with E-state index in [1.165, 1.54) is 6.92 Å². The second-order valence-electron chi connectivity index (χ2n) is 2.42. The standard InChI is InChI=1S/C8H6FNO3/c1-4-5(3-11)6(9)2-10-7(4)8(12)13/h2-3H,1H3,(H,12,13). The molecule has 68 valence electrons. The summed E-state index contributed by atoms with van der Waals surface area (Å²) in [6.45, 7) is 1.34. The van der Waals surface area contributed by atoms with Crippen LogP contribution in [0.15, 0.2) is 6.20 Å². The number of nitrogens with zero attached hydrogens (tertiary/aromatic N) is 1. The third-order valence-electron chi connectivity index (χ3n) is 1.64. The summed E-state index contributed by atoms with van der Waals surface area (Å²) in [4.78, 5) is 24.2. The third-order valence-corrected chi connectivity index (χ3v) is 1.64. The molecule has 0 atom stereocenters. The number of hydrogen-bond donors (Lipinski definition) is 1. The summed E-state index contributed by atoms with van der Waals surface area (Å²) in [5.41, 5.74) is -0.515. The summed E-state index contributed by atoms with van der Waals surface area (Å²) in [6, 6.07) is 0. The number of pyridine rings is 1. The molecule has 0 spiro atoms. The molecule has 0 aliphatic carbocycles. The molecule has 1 rings (SSSR count). The third kappa shape index (κ3) is 1.53. The molecule has 1 aromatic rings. The lowest BCUT2D eigenvalue weighted by molar-refractivity contribution is 0.0689. The molecule has 1 aromatic heterocycles. The molecular weight excluding hydrogens is 177 g/mol. The molecule has 0 amide bonds. The SMILES string of the molecule is Cc1c(C(=O)O)ncc(F)c1C=O. The molecule has 0 aliphatic heterocycles. The number of carboxylic acid groups (broad SMARTS) is 1. The van der Waals surface area contributed by atoms with Crippen LogP contribution in [0.3, 0.4) is 0 Å². The molecule has 0 saturated carbocycles. The van der Waals surface area contributed by atoms with Gasteiger partial charge in [-0.05, 0) is 12.5 Å². The molecule has 5 heteroatoms. The van der Waals surface area contributed by atoms with Gasteiger partial charge in [0.25, 0.3) is 0 Å². The fourth-order valence-electron chi connectivity index (χ4n) is 0.955. The first-order valence-electron chi connectivity index (χ1n) is 3.41. The quantitative estimate of drug-likeness (QED) is 0.695. The summed E-state index contributed by atoms with van der Waals surface area (Å²) < 4.78 is 12.8. The first-order valence-corrected chi connectivity index (χ1v) is 3.41. The minimum absolute atomic E-state index is 0.0440. The largest absolute Gasteiger partial charge is 0.477 e. The van der Waals surface area contributed by atoms with Crippen molar-refractivity contribution in [3.8, 4) is 0 Å². The van der Waals surface area contributed by atoms with Crippen LogP contribution in [0, 0.1) is 12.7 Å². The maximum Gasteiger partial charge on any atom is 0.354 e. The zero-order valence-electron chi connectivity index (χ0n) is 6.74. The maximum absolute atomic E-state index is 12.8. The second-order valence-corrected chi connectivity index (χ2v) is 2.42. The monoisotopic (exact) mass is 183 g/mol. The number of aldehydes is 1. The number of aromatic nitrogens is 1. The normalized spacial score (nSPS) is 9.69. The Morgan fingerprint density at radius 3 is 2.77 bits per heavy atom. The molecule has 1 N–H and O–H groups in total. The number of rotatable bonds is 2.